The van der Waals surface area contributed by atoms with Crippen molar-refractivity contribution in [3.63, 3.8) is 0 Å². The van der Waals surface area contributed by atoms with Crippen molar-refractivity contribution in [3.05, 3.63) is 42.5 Å². The van der Waals surface area contributed by atoms with Gasteiger partial charge in [0.25, 0.3) is 0 Å². The molecule has 3 aromatic rings. The van der Waals surface area contributed by atoms with Gasteiger partial charge in [-0.2, -0.15) is 0 Å². The van der Waals surface area contributed by atoms with Gasteiger partial charge in [0.15, 0.2) is 0 Å². The minimum absolute atomic E-state index is 0.0251. The molecule has 106 valence electrons. The van der Waals surface area contributed by atoms with E-state index in [2.05, 4.69) is 5.32 Å². The van der Waals surface area contributed by atoms with E-state index in [0.29, 0.717) is 6.54 Å². The first-order valence-corrected chi connectivity index (χ1v) is 7.15. The molecule has 4 heteroatoms. The molecule has 4 rings (SSSR count). The second-order valence-electron chi connectivity index (χ2n) is 5.75. The molecule has 1 saturated carbocycles. The van der Waals surface area contributed by atoms with Crippen LogP contribution in [0.5, 0.6) is 0 Å². The highest BCUT2D eigenvalue weighted by Crippen LogP contribution is 2.45. The number of hydrogen-bond donors (Lipinski definition) is 2. The smallest absolute Gasteiger partial charge is 0.231 e. The molecule has 2 aromatic carbocycles. The van der Waals surface area contributed by atoms with E-state index in [1.54, 1.807) is 0 Å². The number of anilines is 1. The molecule has 1 amide bonds. The molecule has 0 aliphatic heterocycles. The first-order chi connectivity index (χ1) is 10.2. The third kappa shape index (κ3) is 1.91. The highest BCUT2D eigenvalue weighted by atomic mass is 16.3. The Morgan fingerprint density at radius 3 is 2.67 bits per heavy atom. The van der Waals surface area contributed by atoms with Gasteiger partial charge in [-0.1, -0.05) is 18.2 Å². The van der Waals surface area contributed by atoms with Crippen molar-refractivity contribution in [1.82, 2.24) is 0 Å². The third-order valence-electron chi connectivity index (χ3n) is 4.36. The van der Waals surface area contributed by atoms with E-state index in [1.807, 2.05) is 42.5 Å². The van der Waals surface area contributed by atoms with Crippen molar-refractivity contribution < 1.29 is 9.21 Å². The molecule has 0 radical (unpaired) electrons. The monoisotopic (exact) mass is 280 g/mol. The maximum Gasteiger partial charge on any atom is 0.231 e. The highest BCUT2D eigenvalue weighted by Gasteiger charge is 2.48. The Bertz CT molecular complexity index is 846. The third-order valence-corrected chi connectivity index (χ3v) is 4.36. The Morgan fingerprint density at radius 1 is 1.14 bits per heavy atom. The van der Waals surface area contributed by atoms with E-state index < -0.39 is 0 Å². The maximum absolute atomic E-state index is 12.3. The lowest BCUT2D eigenvalue weighted by molar-refractivity contribution is -0.120. The van der Waals surface area contributed by atoms with Crippen molar-refractivity contribution in [1.29, 1.82) is 0 Å². The van der Waals surface area contributed by atoms with Crippen molar-refractivity contribution in [3.8, 4) is 0 Å². The summed E-state index contributed by atoms with van der Waals surface area (Å²) in [5.41, 5.74) is 7.83. The van der Waals surface area contributed by atoms with Crippen LogP contribution < -0.4 is 11.1 Å². The summed E-state index contributed by atoms with van der Waals surface area (Å²) >= 11 is 0. The summed E-state index contributed by atoms with van der Waals surface area (Å²) in [7, 11) is 0. The van der Waals surface area contributed by atoms with Crippen LogP contribution in [0.4, 0.5) is 5.69 Å². The zero-order valence-corrected chi connectivity index (χ0v) is 11.6. The molecule has 0 unspecified atom stereocenters. The second kappa shape index (κ2) is 4.33. The SMILES string of the molecule is NCC1(C(=O)Nc2ccc3oc4ccccc4c3c2)CC1. The van der Waals surface area contributed by atoms with Gasteiger partial charge in [-0.15, -0.1) is 0 Å². The van der Waals surface area contributed by atoms with Gasteiger partial charge >= 0.3 is 0 Å². The van der Waals surface area contributed by atoms with Crippen LogP contribution in [0.3, 0.4) is 0 Å². The fourth-order valence-electron chi connectivity index (χ4n) is 2.74. The lowest BCUT2D eigenvalue weighted by Crippen LogP contribution is -2.30. The van der Waals surface area contributed by atoms with Crippen LogP contribution >= 0.6 is 0 Å². The molecule has 1 aliphatic carbocycles. The van der Waals surface area contributed by atoms with Crippen molar-refractivity contribution in [2.24, 2.45) is 11.1 Å². The summed E-state index contributed by atoms with van der Waals surface area (Å²) in [6, 6.07) is 13.6. The molecule has 4 nitrogen and oxygen atoms in total. The number of para-hydroxylation sites is 1. The van der Waals surface area contributed by atoms with E-state index in [1.165, 1.54) is 0 Å². The van der Waals surface area contributed by atoms with E-state index in [4.69, 9.17) is 10.2 Å². The number of carbonyl (C=O) groups excluding carboxylic acids is 1. The molecule has 0 atom stereocenters. The minimum atomic E-state index is -0.340. The molecule has 3 N–H and O–H groups in total. The fourth-order valence-corrected chi connectivity index (χ4v) is 2.74. The van der Waals surface area contributed by atoms with Crippen LogP contribution in [0.15, 0.2) is 46.9 Å². The van der Waals surface area contributed by atoms with Crippen LogP contribution in [0.2, 0.25) is 0 Å². The second-order valence-corrected chi connectivity index (χ2v) is 5.75. The van der Waals surface area contributed by atoms with Gasteiger partial charge < -0.3 is 15.5 Å². The van der Waals surface area contributed by atoms with Gasteiger partial charge in [0, 0.05) is 23.0 Å². The van der Waals surface area contributed by atoms with Crippen LogP contribution in [0.1, 0.15) is 12.8 Å². The number of amides is 1. The fraction of sp³-hybridized carbons (Fsp3) is 0.235. The predicted molar refractivity (Wildman–Crippen MR) is 83.1 cm³/mol. The number of carbonyl (C=O) groups is 1. The van der Waals surface area contributed by atoms with Gasteiger partial charge in [0.05, 0.1) is 5.41 Å². The minimum Gasteiger partial charge on any atom is -0.456 e. The predicted octanol–water partition coefficient (Wildman–Crippen LogP) is 3.26. The topological polar surface area (TPSA) is 68.3 Å². The van der Waals surface area contributed by atoms with Gasteiger partial charge in [-0.3, -0.25) is 4.79 Å². The number of fused-ring (bicyclic) bond motifs is 3. The first kappa shape index (κ1) is 12.4. The average Bonchev–Trinajstić information content (AvgIpc) is 3.23. The Labute approximate surface area is 121 Å². The van der Waals surface area contributed by atoms with E-state index >= 15 is 0 Å². The number of rotatable bonds is 3. The Hall–Kier alpha value is -2.33. The number of furan rings is 1. The lowest BCUT2D eigenvalue weighted by atomic mass is 10.1. The van der Waals surface area contributed by atoms with Gasteiger partial charge in [-0.25, -0.2) is 0 Å². The summed E-state index contributed by atoms with van der Waals surface area (Å²) in [5, 5.41) is 5.06. The highest BCUT2D eigenvalue weighted by molar-refractivity contribution is 6.07. The maximum atomic E-state index is 12.3. The lowest BCUT2D eigenvalue weighted by Gasteiger charge is -2.12. The van der Waals surface area contributed by atoms with E-state index in [0.717, 1.165) is 40.5 Å². The summed E-state index contributed by atoms with van der Waals surface area (Å²) in [6.07, 6.45) is 1.76. The molecule has 0 bridgehead atoms. The zero-order chi connectivity index (χ0) is 14.4. The first-order valence-electron chi connectivity index (χ1n) is 7.15. The normalized spacial score (nSPS) is 16.2. The molecular formula is C17H16N2O2. The van der Waals surface area contributed by atoms with Crippen LogP contribution in [0.25, 0.3) is 21.9 Å². The summed E-state index contributed by atoms with van der Waals surface area (Å²) in [5.74, 6) is 0.0251. The molecule has 1 fully saturated rings. The largest absolute Gasteiger partial charge is 0.456 e. The Kier molecular flexibility index (Phi) is 2.56. The van der Waals surface area contributed by atoms with Crippen LogP contribution in [-0.4, -0.2) is 12.5 Å². The van der Waals surface area contributed by atoms with Crippen molar-refractivity contribution in [2.75, 3.05) is 11.9 Å². The van der Waals surface area contributed by atoms with E-state index in [9.17, 15) is 4.79 Å². The molecule has 0 spiro atoms. The summed E-state index contributed by atoms with van der Waals surface area (Å²) in [4.78, 5) is 12.3. The van der Waals surface area contributed by atoms with Crippen molar-refractivity contribution in [2.45, 2.75) is 12.8 Å². The Morgan fingerprint density at radius 2 is 1.90 bits per heavy atom. The van der Waals surface area contributed by atoms with Gasteiger partial charge in [0.2, 0.25) is 5.91 Å². The van der Waals surface area contributed by atoms with Gasteiger partial charge in [-0.05, 0) is 37.1 Å². The molecule has 1 aromatic heterocycles. The van der Waals surface area contributed by atoms with E-state index in [-0.39, 0.29) is 11.3 Å². The van der Waals surface area contributed by atoms with Gasteiger partial charge in [0.1, 0.15) is 11.2 Å². The molecular weight excluding hydrogens is 264 g/mol. The molecule has 1 aliphatic rings. The standard InChI is InChI=1S/C17H16N2O2/c18-10-17(7-8-17)16(20)19-11-5-6-15-13(9-11)12-3-1-2-4-14(12)21-15/h1-6,9H,7-8,10,18H2,(H,19,20). The number of benzene rings is 2. The van der Waals surface area contributed by atoms with Crippen LogP contribution in [-0.2, 0) is 4.79 Å². The molecule has 1 heterocycles. The number of hydrogen-bond acceptors (Lipinski definition) is 3. The molecule has 21 heavy (non-hydrogen) atoms. The Balaban J connectivity index is 1.73. The molecule has 0 saturated heterocycles. The van der Waals surface area contributed by atoms with Crippen molar-refractivity contribution >= 4 is 33.5 Å². The summed E-state index contributed by atoms with van der Waals surface area (Å²) < 4.78 is 5.78. The quantitative estimate of drug-likeness (QED) is 0.773. The number of nitrogens with two attached hydrogens (primary N) is 1. The van der Waals surface area contributed by atoms with Crippen LogP contribution in [0, 0.1) is 5.41 Å². The average molecular weight is 280 g/mol. The zero-order valence-electron chi connectivity index (χ0n) is 11.6. The number of nitrogens with one attached hydrogen (secondary N) is 1. The summed E-state index contributed by atoms with van der Waals surface area (Å²) in [6.45, 7) is 0.412.